The Kier molecular flexibility index (Phi) is 4.93. The van der Waals surface area contributed by atoms with Gasteiger partial charge < -0.3 is 10.2 Å². The van der Waals surface area contributed by atoms with Crippen LogP contribution < -0.4 is 10.6 Å². The first kappa shape index (κ1) is 18.3. The lowest BCUT2D eigenvalue weighted by molar-refractivity contribution is 0.478. The molecule has 0 spiro atoms. The minimum Gasteiger partial charge on any atom is -0.507 e. The van der Waals surface area contributed by atoms with Crippen LogP contribution in [0.5, 0.6) is 11.5 Å². The molecule has 2 N–H and O–H groups in total. The monoisotopic (exact) mass is 365 g/mol. The van der Waals surface area contributed by atoms with Gasteiger partial charge in [-0.1, -0.05) is 63.2 Å². The Hall–Kier alpha value is -2.51. The van der Waals surface area contributed by atoms with Gasteiger partial charge in [0, 0.05) is 22.8 Å². The molecule has 3 aromatic rings. The summed E-state index contributed by atoms with van der Waals surface area (Å²) in [7, 11) is -2.56. The van der Waals surface area contributed by atoms with E-state index in [9.17, 15) is 10.2 Å². The van der Waals surface area contributed by atoms with Crippen molar-refractivity contribution in [2.45, 2.75) is 25.9 Å². The fourth-order valence-electron chi connectivity index (χ4n) is 3.25. The summed E-state index contributed by atoms with van der Waals surface area (Å²) in [4.78, 5) is 0. The van der Waals surface area contributed by atoms with Crippen LogP contribution in [-0.2, 0) is 0 Å². The van der Waals surface area contributed by atoms with E-state index in [0.717, 1.165) is 16.3 Å². The summed E-state index contributed by atoms with van der Waals surface area (Å²) in [6, 6.07) is 24.4. The molecule has 0 aliphatic heterocycles. The maximum atomic E-state index is 10.7. The third kappa shape index (κ3) is 3.15. The van der Waals surface area contributed by atoms with Gasteiger partial charge in [-0.15, -0.1) is 0 Å². The maximum absolute atomic E-state index is 10.7. The zero-order valence-electron chi connectivity index (χ0n) is 15.3. The van der Waals surface area contributed by atoms with Gasteiger partial charge in [-0.25, -0.2) is 0 Å². The number of hydrogen-bond donors (Lipinski definition) is 2. The fourth-order valence-corrected chi connectivity index (χ4v) is 7.37. The summed E-state index contributed by atoms with van der Waals surface area (Å²) in [5, 5.41) is 22.7. The SMILES string of the molecule is CC(C)(C)P(=Nc1ccccc1)(c1ccccc1O)c1ccccc1O. The molecule has 3 rings (SSSR count). The lowest BCUT2D eigenvalue weighted by Crippen LogP contribution is -2.31. The van der Waals surface area contributed by atoms with Crippen LogP contribution in [0.4, 0.5) is 5.69 Å². The highest BCUT2D eigenvalue weighted by molar-refractivity contribution is 7.82. The smallest absolute Gasteiger partial charge is 0.125 e. The number of phenols is 2. The van der Waals surface area contributed by atoms with Crippen molar-refractivity contribution in [1.82, 2.24) is 0 Å². The number of nitrogens with zero attached hydrogens (tertiary/aromatic N) is 1. The van der Waals surface area contributed by atoms with Gasteiger partial charge in [0.25, 0.3) is 0 Å². The molecule has 26 heavy (non-hydrogen) atoms. The Labute approximate surface area is 155 Å². The number of para-hydroxylation sites is 2. The van der Waals surface area contributed by atoms with Crippen molar-refractivity contribution in [2.75, 3.05) is 0 Å². The summed E-state index contributed by atoms with van der Waals surface area (Å²) < 4.78 is 5.21. The quantitative estimate of drug-likeness (QED) is 0.612. The number of benzene rings is 3. The largest absolute Gasteiger partial charge is 0.507 e. The second-order valence-electron chi connectivity index (χ2n) is 7.22. The van der Waals surface area contributed by atoms with Crippen molar-refractivity contribution >= 4 is 23.4 Å². The zero-order chi connectivity index (χ0) is 18.8. The lowest BCUT2D eigenvalue weighted by Gasteiger charge is -2.38. The van der Waals surface area contributed by atoms with Crippen LogP contribution >= 0.6 is 7.05 Å². The van der Waals surface area contributed by atoms with Crippen LogP contribution in [0.15, 0.2) is 83.6 Å². The highest BCUT2D eigenvalue weighted by atomic mass is 31.2. The van der Waals surface area contributed by atoms with Gasteiger partial charge in [0.15, 0.2) is 0 Å². The molecule has 0 aliphatic rings. The van der Waals surface area contributed by atoms with Gasteiger partial charge >= 0.3 is 0 Å². The first-order valence-corrected chi connectivity index (χ1v) is 10.3. The van der Waals surface area contributed by atoms with E-state index < -0.39 is 7.05 Å². The van der Waals surface area contributed by atoms with E-state index in [1.165, 1.54) is 0 Å². The van der Waals surface area contributed by atoms with Crippen LogP contribution in [0.25, 0.3) is 0 Å². The van der Waals surface area contributed by atoms with Crippen LogP contribution in [0, 0.1) is 0 Å². The van der Waals surface area contributed by atoms with E-state index in [-0.39, 0.29) is 16.7 Å². The van der Waals surface area contributed by atoms with Crippen molar-refractivity contribution in [3.8, 4) is 11.5 Å². The van der Waals surface area contributed by atoms with E-state index in [1.54, 1.807) is 12.1 Å². The zero-order valence-corrected chi connectivity index (χ0v) is 16.2. The molecule has 0 aromatic heterocycles. The Morgan fingerprint density at radius 2 is 1.08 bits per heavy atom. The predicted octanol–water partition coefficient (Wildman–Crippen LogP) is 5.38. The normalized spacial score (nSPS) is 12.0. The Balaban J connectivity index is 2.51. The Morgan fingerprint density at radius 1 is 0.654 bits per heavy atom. The molecule has 4 heteroatoms. The topological polar surface area (TPSA) is 52.8 Å². The van der Waals surface area contributed by atoms with Gasteiger partial charge in [0.2, 0.25) is 0 Å². The summed E-state index contributed by atoms with van der Waals surface area (Å²) in [5.41, 5.74) is 0.835. The third-order valence-corrected chi connectivity index (χ3v) is 9.08. The molecule has 0 bridgehead atoms. The van der Waals surface area contributed by atoms with Crippen LogP contribution in [-0.4, -0.2) is 15.4 Å². The molecule has 0 unspecified atom stereocenters. The summed E-state index contributed by atoms with van der Waals surface area (Å²) in [6.07, 6.45) is 0. The first-order valence-electron chi connectivity index (χ1n) is 8.61. The standard InChI is InChI=1S/C22H24NO2P/c1-22(2,3)26(20-15-9-7-13-18(20)24,21-16-10-8-14-19(21)25)23-17-11-5-4-6-12-17/h4-16,24-25H,1-3H3. The van der Waals surface area contributed by atoms with Crippen molar-refractivity contribution in [3.63, 3.8) is 0 Å². The molecule has 0 fully saturated rings. The van der Waals surface area contributed by atoms with Gasteiger partial charge in [-0.2, -0.15) is 0 Å². The molecule has 0 saturated carbocycles. The average molecular weight is 365 g/mol. The molecule has 0 amide bonds. The lowest BCUT2D eigenvalue weighted by atomic mass is 10.2. The van der Waals surface area contributed by atoms with Gasteiger partial charge in [0.05, 0.1) is 5.69 Å². The van der Waals surface area contributed by atoms with E-state index in [1.807, 2.05) is 66.7 Å². The van der Waals surface area contributed by atoms with E-state index >= 15 is 0 Å². The molecule has 134 valence electrons. The van der Waals surface area contributed by atoms with Crippen molar-refractivity contribution in [3.05, 3.63) is 78.9 Å². The highest BCUT2D eigenvalue weighted by Crippen LogP contribution is 2.62. The molecule has 0 saturated heterocycles. The fraction of sp³-hybridized carbons (Fsp3) is 0.182. The third-order valence-electron chi connectivity index (χ3n) is 4.45. The van der Waals surface area contributed by atoms with Crippen LogP contribution in [0.2, 0.25) is 0 Å². The van der Waals surface area contributed by atoms with E-state index in [4.69, 9.17) is 4.74 Å². The summed E-state index contributed by atoms with van der Waals surface area (Å²) >= 11 is 0. The molecule has 0 atom stereocenters. The van der Waals surface area contributed by atoms with E-state index in [0.29, 0.717) is 0 Å². The minimum absolute atomic E-state index is 0.207. The molecule has 3 nitrogen and oxygen atoms in total. The number of rotatable bonds is 3. The summed E-state index contributed by atoms with van der Waals surface area (Å²) in [6.45, 7) is 6.35. The van der Waals surface area contributed by atoms with Crippen LogP contribution in [0.3, 0.4) is 0 Å². The molecular weight excluding hydrogens is 341 g/mol. The minimum atomic E-state index is -2.56. The molecule has 3 aromatic carbocycles. The van der Waals surface area contributed by atoms with Gasteiger partial charge in [0.1, 0.15) is 11.5 Å². The van der Waals surface area contributed by atoms with Crippen molar-refractivity contribution in [1.29, 1.82) is 0 Å². The first-order chi connectivity index (χ1) is 12.4. The van der Waals surface area contributed by atoms with E-state index in [2.05, 4.69) is 20.8 Å². The molecular formula is C22H24NO2P. The average Bonchev–Trinajstić information content (AvgIpc) is 2.61. The number of hydrogen-bond acceptors (Lipinski definition) is 3. The number of phenolic OH excluding ortho intramolecular Hbond substituents is 2. The van der Waals surface area contributed by atoms with Crippen LogP contribution in [0.1, 0.15) is 20.8 Å². The molecule has 0 aliphatic carbocycles. The summed E-state index contributed by atoms with van der Waals surface area (Å²) in [5.74, 6) is 0.414. The van der Waals surface area contributed by atoms with Gasteiger partial charge in [-0.3, -0.25) is 4.74 Å². The van der Waals surface area contributed by atoms with Gasteiger partial charge in [-0.05, 0) is 36.4 Å². The molecule has 0 heterocycles. The second-order valence-corrected chi connectivity index (χ2v) is 11.0. The molecule has 0 radical (unpaired) electrons. The number of aromatic hydroxyl groups is 2. The second kappa shape index (κ2) is 7.01. The Bertz CT molecular complexity index is 910. The van der Waals surface area contributed by atoms with Crippen molar-refractivity contribution in [2.24, 2.45) is 4.74 Å². The maximum Gasteiger partial charge on any atom is 0.125 e. The predicted molar refractivity (Wildman–Crippen MR) is 111 cm³/mol. The highest BCUT2D eigenvalue weighted by Gasteiger charge is 2.40. The Morgan fingerprint density at radius 3 is 1.50 bits per heavy atom. The van der Waals surface area contributed by atoms with Crippen molar-refractivity contribution < 1.29 is 10.2 Å².